The Kier molecular flexibility index (Phi) is 6.45. The average Bonchev–Trinajstić information content (AvgIpc) is 3.38. The molecule has 0 saturated heterocycles. The maximum atomic E-state index is 12.1. The number of hydrogen-bond acceptors (Lipinski definition) is 7. The second-order valence-electron chi connectivity index (χ2n) is 7.07. The fourth-order valence-corrected chi connectivity index (χ4v) is 4.70. The Morgan fingerprint density at radius 1 is 1.26 bits per heavy atom. The predicted molar refractivity (Wildman–Crippen MR) is 123 cm³/mol. The highest BCUT2D eigenvalue weighted by molar-refractivity contribution is 7.23. The molecule has 0 saturated carbocycles. The molecule has 162 valence electrons. The first-order valence-corrected chi connectivity index (χ1v) is 10.8. The van der Waals surface area contributed by atoms with Crippen molar-refractivity contribution in [3.8, 4) is 10.4 Å². The van der Waals surface area contributed by atoms with Gasteiger partial charge in [0.05, 0.1) is 35.3 Å². The predicted octanol–water partition coefficient (Wildman–Crippen LogP) is 3.17. The molecule has 2 N–H and O–H groups in total. The quantitative estimate of drug-likeness (QED) is 0.389. The lowest BCUT2D eigenvalue weighted by Crippen LogP contribution is -2.27. The highest BCUT2D eigenvalue weighted by Crippen LogP contribution is 2.39. The molecule has 31 heavy (non-hydrogen) atoms. The maximum Gasteiger partial charge on any atom is 0.246 e. The minimum Gasteiger partial charge on any atom is -0.382 e. The molecule has 0 spiro atoms. The first kappa shape index (κ1) is 21.2. The van der Waals surface area contributed by atoms with E-state index in [0.29, 0.717) is 19.8 Å². The Balaban J connectivity index is 1.61. The van der Waals surface area contributed by atoms with Crippen molar-refractivity contribution in [3.05, 3.63) is 42.2 Å². The van der Waals surface area contributed by atoms with Gasteiger partial charge in [0.25, 0.3) is 0 Å². The van der Waals surface area contributed by atoms with Gasteiger partial charge in [-0.2, -0.15) is 0 Å². The van der Waals surface area contributed by atoms with Crippen LogP contribution >= 0.6 is 11.3 Å². The van der Waals surface area contributed by atoms with Crippen LogP contribution in [0, 0.1) is 0 Å². The van der Waals surface area contributed by atoms with Crippen LogP contribution in [-0.2, 0) is 27.9 Å². The third-order valence-electron chi connectivity index (χ3n) is 4.98. The summed E-state index contributed by atoms with van der Waals surface area (Å²) >= 11 is 1.68. The van der Waals surface area contributed by atoms with E-state index in [1.807, 2.05) is 43.2 Å². The van der Waals surface area contributed by atoms with E-state index in [2.05, 4.69) is 27.8 Å². The van der Waals surface area contributed by atoms with Gasteiger partial charge in [0.15, 0.2) is 5.82 Å². The second kappa shape index (κ2) is 9.42. The third-order valence-corrected chi connectivity index (χ3v) is 6.15. The summed E-state index contributed by atoms with van der Waals surface area (Å²) < 4.78 is 13.3. The summed E-state index contributed by atoms with van der Waals surface area (Å²) in [7, 11) is 5.45. The fraction of sp³-hybridized carbons (Fsp3) is 0.318. The fourth-order valence-electron chi connectivity index (χ4n) is 3.45. The lowest BCUT2D eigenvalue weighted by molar-refractivity contribution is -0.126. The number of nitrogens with zero attached hydrogens (tertiary/aromatic N) is 3. The number of nitrogens with one attached hydrogen (secondary N) is 2. The molecule has 1 amide bonds. The summed E-state index contributed by atoms with van der Waals surface area (Å²) in [6, 6.07) is 10.2. The summed E-state index contributed by atoms with van der Waals surface area (Å²) in [6.07, 6.45) is 1.81. The van der Waals surface area contributed by atoms with Crippen LogP contribution in [0.1, 0.15) is 5.56 Å². The zero-order valence-corrected chi connectivity index (χ0v) is 18.6. The molecule has 1 aromatic carbocycles. The summed E-state index contributed by atoms with van der Waals surface area (Å²) in [5.41, 5.74) is 4.96. The number of pyridine rings is 1. The highest BCUT2D eigenvalue weighted by Gasteiger charge is 2.17. The minimum atomic E-state index is -0.154. The van der Waals surface area contributed by atoms with Crippen molar-refractivity contribution in [1.82, 2.24) is 19.9 Å². The topological polar surface area (TPSA) is 90.3 Å². The summed E-state index contributed by atoms with van der Waals surface area (Å²) in [5.74, 6) is 0.612. The van der Waals surface area contributed by atoms with Gasteiger partial charge in [-0.15, -0.1) is 11.3 Å². The van der Waals surface area contributed by atoms with Crippen molar-refractivity contribution >= 4 is 44.3 Å². The Hall–Kier alpha value is -3.01. The molecule has 0 unspecified atom stereocenters. The molecular weight excluding hydrogens is 414 g/mol. The number of methoxy groups -OCH3 is 1. The first-order valence-electron chi connectivity index (χ1n) is 9.96. The Morgan fingerprint density at radius 2 is 2.10 bits per heavy atom. The number of aromatic nitrogens is 3. The van der Waals surface area contributed by atoms with Crippen LogP contribution in [0.5, 0.6) is 0 Å². The number of ether oxygens (including phenoxy) is 2. The monoisotopic (exact) mass is 439 g/mol. The van der Waals surface area contributed by atoms with Gasteiger partial charge in [0.1, 0.15) is 12.1 Å². The number of rotatable bonds is 9. The maximum absolute atomic E-state index is 12.1. The van der Waals surface area contributed by atoms with Crippen molar-refractivity contribution in [2.45, 2.75) is 6.54 Å². The third kappa shape index (κ3) is 4.39. The van der Waals surface area contributed by atoms with Gasteiger partial charge in [-0.3, -0.25) is 4.79 Å². The van der Waals surface area contributed by atoms with Gasteiger partial charge >= 0.3 is 0 Å². The number of carbonyl (C=O) groups is 1. The van der Waals surface area contributed by atoms with Crippen molar-refractivity contribution in [2.75, 3.05) is 39.3 Å². The second-order valence-corrected chi connectivity index (χ2v) is 8.12. The van der Waals surface area contributed by atoms with Crippen LogP contribution in [0.15, 0.2) is 36.7 Å². The molecule has 8 nitrogen and oxygen atoms in total. The van der Waals surface area contributed by atoms with Crippen LogP contribution in [0.25, 0.3) is 31.7 Å². The molecule has 0 bridgehead atoms. The molecule has 3 heterocycles. The van der Waals surface area contributed by atoms with E-state index in [0.717, 1.165) is 43.1 Å². The zero-order valence-electron chi connectivity index (χ0n) is 17.8. The normalized spacial score (nSPS) is 11.3. The van der Waals surface area contributed by atoms with E-state index in [1.54, 1.807) is 18.4 Å². The van der Waals surface area contributed by atoms with Crippen molar-refractivity contribution < 1.29 is 14.3 Å². The van der Waals surface area contributed by atoms with E-state index in [9.17, 15) is 4.79 Å². The van der Waals surface area contributed by atoms with Crippen LogP contribution in [0.2, 0.25) is 0 Å². The van der Waals surface area contributed by atoms with Crippen LogP contribution in [0.4, 0.5) is 5.82 Å². The molecule has 0 fully saturated rings. The smallest absolute Gasteiger partial charge is 0.246 e. The largest absolute Gasteiger partial charge is 0.382 e. The molecule has 9 heteroatoms. The van der Waals surface area contributed by atoms with Gasteiger partial charge in [0, 0.05) is 32.6 Å². The Bertz CT molecular complexity index is 1220. The number of aryl methyl sites for hydroxylation is 1. The van der Waals surface area contributed by atoms with Crippen molar-refractivity contribution in [1.29, 1.82) is 0 Å². The molecule has 0 aliphatic rings. The minimum absolute atomic E-state index is 0.0175. The lowest BCUT2D eigenvalue weighted by atomic mass is 10.1. The Labute approximate surface area is 184 Å². The molecule has 0 aliphatic heterocycles. The van der Waals surface area contributed by atoms with Gasteiger partial charge in [-0.05, 0) is 17.2 Å². The summed E-state index contributed by atoms with van der Waals surface area (Å²) in [4.78, 5) is 22.5. The standard InChI is InChI=1S/C22H25N5O3S/c1-23-22-19-20(27(2)13-25-19)21-16(26-22)10-17(31-21)15-7-5-4-6-14(15)11-24-18(28)12-30-9-8-29-3/h4-7,10,13H,8-9,11-12H2,1-3H3,(H,23,26)(H,24,28). The number of amides is 1. The number of thiophene rings is 1. The van der Waals surface area contributed by atoms with Crippen LogP contribution in [-0.4, -0.2) is 54.4 Å². The number of fused-ring (bicyclic) bond motifs is 3. The molecule has 3 aromatic heterocycles. The summed E-state index contributed by atoms with van der Waals surface area (Å²) in [5, 5.41) is 6.08. The number of carbonyl (C=O) groups excluding carboxylic acids is 1. The van der Waals surface area contributed by atoms with Gasteiger partial charge in [-0.25, -0.2) is 9.97 Å². The molecule has 0 aliphatic carbocycles. The van der Waals surface area contributed by atoms with Crippen LogP contribution in [0.3, 0.4) is 0 Å². The molecule has 4 aromatic rings. The lowest BCUT2D eigenvalue weighted by Gasteiger charge is -2.10. The van der Waals surface area contributed by atoms with E-state index in [1.165, 1.54) is 0 Å². The Morgan fingerprint density at radius 3 is 2.90 bits per heavy atom. The molecule has 0 atom stereocenters. The average molecular weight is 440 g/mol. The number of benzene rings is 1. The summed E-state index contributed by atoms with van der Waals surface area (Å²) in [6.45, 7) is 1.30. The highest BCUT2D eigenvalue weighted by atomic mass is 32.1. The van der Waals surface area contributed by atoms with E-state index >= 15 is 0 Å². The number of hydrogen-bond donors (Lipinski definition) is 2. The van der Waals surface area contributed by atoms with Crippen molar-refractivity contribution in [3.63, 3.8) is 0 Å². The molecular formula is C22H25N5O3S. The van der Waals surface area contributed by atoms with E-state index in [4.69, 9.17) is 14.5 Å². The van der Waals surface area contributed by atoms with Gasteiger partial charge in [-0.1, -0.05) is 24.3 Å². The van der Waals surface area contributed by atoms with Crippen LogP contribution < -0.4 is 10.6 Å². The first-order chi connectivity index (χ1) is 15.1. The van der Waals surface area contributed by atoms with Gasteiger partial charge < -0.3 is 24.7 Å². The molecule has 0 radical (unpaired) electrons. The van der Waals surface area contributed by atoms with E-state index < -0.39 is 0 Å². The SMILES string of the molecule is CNc1nc2cc(-c3ccccc3CNC(=O)COCCOC)sc2c2c1ncn2C. The number of anilines is 1. The van der Waals surface area contributed by atoms with Crippen molar-refractivity contribution in [2.24, 2.45) is 7.05 Å². The number of imidazole rings is 1. The zero-order chi connectivity index (χ0) is 21.8. The molecule has 4 rings (SSSR count). The van der Waals surface area contributed by atoms with Gasteiger partial charge in [0.2, 0.25) is 5.91 Å². The van der Waals surface area contributed by atoms with E-state index in [-0.39, 0.29) is 12.5 Å².